The minimum Gasteiger partial charge on any atom is -0.476 e. The average Bonchev–Trinajstić information content (AvgIpc) is 3.41. The summed E-state index contributed by atoms with van der Waals surface area (Å²) >= 11 is 2.25. The third-order valence-electron chi connectivity index (χ3n) is 6.57. The van der Waals surface area contributed by atoms with Crippen molar-refractivity contribution >= 4 is 57.9 Å². The number of hydrogen-bond acceptors (Lipinski definition) is 8. The number of nitrogens with one attached hydrogen (secondary N) is 1. The zero-order valence-electron chi connectivity index (χ0n) is 18.0. The highest BCUT2D eigenvalue weighted by Gasteiger charge is 2.46. The zero-order chi connectivity index (χ0) is 23.2. The number of pyridine rings is 1. The number of aliphatic imine (C=N–C) groups is 1. The second kappa shape index (κ2) is 8.98. The SMILES string of the molecule is N/C=C(\C1=NCC2(CO1)CN(SI)C2)S(N)(=O)=NC(=O)Nc1c2c(nc3c1CCC3)CCC2. The lowest BCUT2D eigenvalue weighted by Gasteiger charge is -2.48. The number of carbonyl (C=O) groups excluding carboxylic acids is 1. The Kier molecular flexibility index (Phi) is 6.35. The van der Waals surface area contributed by atoms with E-state index in [2.05, 4.69) is 40.2 Å². The van der Waals surface area contributed by atoms with Crippen molar-refractivity contribution in [2.75, 3.05) is 31.6 Å². The van der Waals surface area contributed by atoms with Gasteiger partial charge in [-0.25, -0.2) is 23.4 Å². The number of carbonyl (C=O) groups is 1. The minimum absolute atomic E-state index is 0.0481. The van der Waals surface area contributed by atoms with E-state index < -0.39 is 15.9 Å². The topological polar surface area (TPSA) is 148 Å². The maximum atomic E-state index is 13.2. The highest BCUT2D eigenvalue weighted by molar-refractivity contribution is 14.2. The number of halogens is 1. The van der Waals surface area contributed by atoms with Crippen molar-refractivity contribution in [1.29, 1.82) is 0 Å². The quantitative estimate of drug-likeness (QED) is 0.354. The van der Waals surface area contributed by atoms with Crippen LogP contribution in [0.1, 0.15) is 35.4 Å². The molecule has 1 unspecified atom stereocenters. The Morgan fingerprint density at radius 3 is 2.45 bits per heavy atom. The smallest absolute Gasteiger partial charge is 0.354 e. The van der Waals surface area contributed by atoms with E-state index in [0.29, 0.717) is 13.2 Å². The van der Waals surface area contributed by atoms with Gasteiger partial charge >= 0.3 is 6.03 Å². The minimum atomic E-state index is -3.65. The Morgan fingerprint density at radius 2 is 1.91 bits per heavy atom. The Labute approximate surface area is 209 Å². The fourth-order valence-corrected chi connectivity index (χ4v) is 7.42. The van der Waals surface area contributed by atoms with Crippen molar-refractivity contribution in [2.24, 2.45) is 25.6 Å². The molecule has 5 rings (SSSR count). The van der Waals surface area contributed by atoms with E-state index in [1.807, 2.05) is 0 Å². The van der Waals surface area contributed by atoms with Crippen LogP contribution in [0, 0.1) is 5.41 Å². The zero-order valence-corrected chi connectivity index (χ0v) is 21.8. The highest BCUT2D eigenvalue weighted by Crippen LogP contribution is 2.40. The van der Waals surface area contributed by atoms with Gasteiger partial charge in [-0.05, 0) is 58.8 Å². The largest absolute Gasteiger partial charge is 0.476 e. The lowest BCUT2D eigenvalue weighted by atomic mass is 9.82. The number of nitrogens with two attached hydrogens (primary N) is 2. The fourth-order valence-electron chi connectivity index (χ4n) is 4.98. The predicted molar refractivity (Wildman–Crippen MR) is 138 cm³/mol. The second-order valence-electron chi connectivity index (χ2n) is 8.94. The summed E-state index contributed by atoms with van der Waals surface area (Å²) in [6.07, 6.45) is 6.62. The average molecular weight is 604 g/mol. The molecule has 13 heteroatoms. The van der Waals surface area contributed by atoms with Gasteiger partial charge in [0.2, 0.25) is 5.90 Å². The number of urea groups is 1. The van der Waals surface area contributed by atoms with Crippen molar-refractivity contribution in [3.63, 3.8) is 0 Å². The molecule has 2 amide bonds. The number of ether oxygens (including phenoxy) is 1. The first kappa shape index (κ1) is 23.3. The Hall–Kier alpha value is -1.42. The summed E-state index contributed by atoms with van der Waals surface area (Å²) in [5.41, 5.74) is 10.6. The van der Waals surface area contributed by atoms with Crippen LogP contribution in [-0.2, 0) is 40.3 Å². The maximum Gasteiger partial charge on any atom is 0.354 e. The number of amides is 2. The van der Waals surface area contributed by atoms with Crippen molar-refractivity contribution in [3.05, 3.63) is 33.6 Å². The summed E-state index contributed by atoms with van der Waals surface area (Å²) in [6, 6.07) is -0.766. The Bertz CT molecular complexity index is 1150. The molecular formula is C20H26IN7O3S2. The van der Waals surface area contributed by atoms with Crippen molar-refractivity contribution < 1.29 is 13.7 Å². The van der Waals surface area contributed by atoms with E-state index in [1.165, 1.54) is 0 Å². The lowest BCUT2D eigenvalue weighted by Crippen LogP contribution is -2.58. The van der Waals surface area contributed by atoms with Gasteiger partial charge in [0, 0.05) is 51.9 Å². The van der Waals surface area contributed by atoms with Crippen LogP contribution in [0.4, 0.5) is 10.5 Å². The van der Waals surface area contributed by atoms with Gasteiger partial charge in [0.1, 0.15) is 4.91 Å². The van der Waals surface area contributed by atoms with Crippen LogP contribution in [0.3, 0.4) is 0 Å². The maximum absolute atomic E-state index is 13.2. The number of anilines is 1. The Morgan fingerprint density at radius 1 is 1.24 bits per heavy atom. The van der Waals surface area contributed by atoms with E-state index in [4.69, 9.17) is 20.6 Å². The molecule has 0 saturated carbocycles. The first-order chi connectivity index (χ1) is 15.8. The monoisotopic (exact) mass is 603 g/mol. The first-order valence-electron chi connectivity index (χ1n) is 10.9. The number of aryl methyl sites for hydroxylation is 2. The van der Waals surface area contributed by atoms with Gasteiger partial charge in [-0.1, -0.05) is 0 Å². The van der Waals surface area contributed by atoms with Crippen LogP contribution >= 0.6 is 30.3 Å². The number of hydrogen-bond donors (Lipinski definition) is 3. The van der Waals surface area contributed by atoms with Gasteiger partial charge in [-0.3, -0.25) is 4.98 Å². The molecule has 33 heavy (non-hydrogen) atoms. The number of fused-ring (bicyclic) bond motifs is 2. The van der Waals surface area contributed by atoms with Crippen LogP contribution in [0.25, 0.3) is 0 Å². The third kappa shape index (κ3) is 4.37. The summed E-state index contributed by atoms with van der Waals surface area (Å²) in [7, 11) is -1.99. The second-order valence-corrected chi connectivity index (χ2v) is 12.5. The summed E-state index contributed by atoms with van der Waals surface area (Å²) < 4.78 is 25.1. The van der Waals surface area contributed by atoms with Gasteiger partial charge in [0.15, 0.2) is 9.92 Å². The molecule has 1 atom stereocenters. The molecule has 0 radical (unpaired) electrons. The van der Waals surface area contributed by atoms with Crippen LogP contribution < -0.4 is 16.2 Å². The number of aromatic nitrogens is 1. The molecule has 5 N–H and O–H groups in total. The first-order valence-corrected chi connectivity index (χ1v) is 15.8. The molecule has 4 aliphatic rings. The van der Waals surface area contributed by atoms with E-state index in [0.717, 1.165) is 86.0 Å². The van der Waals surface area contributed by atoms with Gasteiger partial charge < -0.3 is 15.8 Å². The summed E-state index contributed by atoms with van der Waals surface area (Å²) in [6.45, 7) is 2.67. The number of rotatable bonds is 4. The van der Waals surface area contributed by atoms with E-state index >= 15 is 0 Å². The highest BCUT2D eigenvalue weighted by atomic mass is 127. The van der Waals surface area contributed by atoms with Gasteiger partial charge in [-0.2, -0.15) is 0 Å². The van der Waals surface area contributed by atoms with Gasteiger partial charge in [0.05, 0.1) is 24.3 Å². The number of nitrogens with zero attached hydrogens (tertiary/aromatic N) is 4. The van der Waals surface area contributed by atoms with E-state index in [1.54, 1.807) is 9.12 Å². The predicted octanol–water partition coefficient (Wildman–Crippen LogP) is 2.46. The molecule has 3 heterocycles. The van der Waals surface area contributed by atoms with E-state index in [-0.39, 0.29) is 16.2 Å². The molecule has 1 spiro atoms. The molecule has 2 aliphatic heterocycles. The molecule has 10 nitrogen and oxygen atoms in total. The summed E-state index contributed by atoms with van der Waals surface area (Å²) in [5.74, 6) is 0.0958. The molecule has 0 aromatic carbocycles. The standard InChI is InChI=1S/C20H26IN7O3S2/c21-32-28-9-20(10-28)8-24-18(31-11-20)16(7-22)33(23,30)27-19(29)26-17-12-3-1-5-14(12)25-15-6-2-4-13(15)17/h7H,1-6,8-11,22H2,(H3,23,25,26,27,29,30)/b16-7+. The molecule has 1 aromatic rings. The normalized spacial score (nSPS) is 23.1. The fraction of sp³-hybridized carbons (Fsp3) is 0.550. The molecule has 1 fully saturated rings. The molecule has 2 aliphatic carbocycles. The molecule has 0 bridgehead atoms. The molecular weight excluding hydrogens is 577 g/mol. The van der Waals surface area contributed by atoms with Crippen LogP contribution in [0.15, 0.2) is 20.5 Å². The van der Waals surface area contributed by atoms with Crippen LogP contribution in [0.5, 0.6) is 0 Å². The lowest BCUT2D eigenvalue weighted by molar-refractivity contribution is 0.0187. The molecule has 178 valence electrons. The van der Waals surface area contributed by atoms with Crippen molar-refractivity contribution in [3.8, 4) is 0 Å². The van der Waals surface area contributed by atoms with Gasteiger partial charge in [-0.15, -0.1) is 4.36 Å². The van der Waals surface area contributed by atoms with Crippen LogP contribution in [0.2, 0.25) is 0 Å². The Balaban J connectivity index is 1.36. The van der Waals surface area contributed by atoms with Gasteiger partial charge in [0.25, 0.3) is 0 Å². The van der Waals surface area contributed by atoms with Crippen LogP contribution in [-0.4, -0.2) is 51.7 Å². The van der Waals surface area contributed by atoms with Crippen molar-refractivity contribution in [2.45, 2.75) is 38.5 Å². The molecule has 1 saturated heterocycles. The van der Waals surface area contributed by atoms with Crippen molar-refractivity contribution in [1.82, 2.24) is 9.29 Å². The summed E-state index contributed by atoms with van der Waals surface area (Å²) in [5, 5.41) is 8.87. The summed E-state index contributed by atoms with van der Waals surface area (Å²) in [4.78, 5) is 22.0. The van der Waals surface area contributed by atoms with E-state index in [9.17, 15) is 9.00 Å². The molecule has 1 aromatic heterocycles. The third-order valence-corrected chi connectivity index (χ3v) is 10.1.